The summed E-state index contributed by atoms with van der Waals surface area (Å²) in [6.07, 6.45) is 1.36. The molecule has 0 aromatic heterocycles. The smallest absolute Gasteiger partial charge is 0.113 e. The SMILES string of the molecule is C=CN=C(N)CN. The van der Waals surface area contributed by atoms with E-state index in [9.17, 15) is 0 Å². The zero-order valence-electron chi connectivity index (χ0n) is 4.09. The van der Waals surface area contributed by atoms with Crippen molar-refractivity contribution in [1.29, 1.82) is 0 Å². The lowest BCUT2D eigenvalue weighted by Gasteiger charge is -1.86. The highest BCUT2D eigenvalue weighted by Gasteiger charge is 1.77. The summed E-state index contributed by atoms with van der Waals surface area (Å²) in [5.74, 6) is 0.412. The second kappa shape index (κ2) is 3.36. The van der Waals surface area contributed by atoms with Crippen LogP contribution in [0.4, 0.5) is 0 Å². The zero-order valence-corrected chi connectivity index (χ0v) is 4.09. The van der Waals surface area contributed by atoms with Gasteiger partial charge in [-0.1, -0.05) is 6.58 Å². The van der Waals surface area contributed by atoms with E-state index in [0.29, 0.717) is 12.4 Å². The molecule has 0 fully saturated rings. The molecule has 0 aliphatic heterocycles. The summed E-state index contributed by atoms with van der Waals surface area (Å²) in [6, 6.07) is 0. The molecule has 0 saturated carbocycles. The van der Waals surface area contributed by atoms with Crippen LogP contribution in [0, 0.1) is 0 Å². The van der Waals surface area contributed by atoms with Gasteiger partial charge in [-0.05, 0) is 0 Å². The van der Waals surface area contributed by atoms with Gasteiger partial charge >= 0.3 is 0 Å². The Morgan fingerprint density at radius 3 is 2.57 bits per heavy atom. The van der Waals surface area contributed by atoms with Crippen LogP contribution in [0.5, 0.6) is 0 Å². The third-order valence-corrected chi connectivity index (χ3v) is 0.466. The summed E-state index contributed by atoms with van der Waals surface area (Å²) < 4.78 is 0. The van der Waals surface area contributed by atoms with Crippen molar-refractivity contribution in [3.63, 3.8) is 0 Å². The average Bonchev–Trinajstić information content (AvgIpc) is 1.68. The van der Waals surface area contributed by atoms with Gasteiger partial charge in [-0.25, -0.2) is 4.99 Å². The molecule has 40 valence electrons. The highest BCUT2D eigenvalue weighted by molar-refractivity contribution is 5.82. The first-order valence-electron chi connectivity index (χ1n) is 1.94. The lowest BCUT2D eigenvalue weighted by atomic mass is 10.6. The molecule has 0 saturated heterocycles. The van der Waals surface area contributed by atoms with Crippen molar-refractivity contribution in [3.8, 4) is 0 Å². The highest BCUT2D eigenvalue weighted by Crippen LogP contribution is 1.64. The minimum absolute atomic E-state index is 0.298. The van der Waals surface area contributed by atoms with Crippen LogP contribution in [-0.2, 0) is 0 Å². The molecule has 0 unspecified atom stereocenters. The monoisotopic (exact) mass is 99.1 g/mol. The predicted molar refractivity (Wildman–Crippen MR) is 30.9 cm³/mol. The molecule has 7 heavy (non-hydrogen) atoms. The lowest BCUT2D eigenvalue weighted by Crippen LogP contribution is -2.22. The number of hydrogen-bond donors (Lipinski definition) is 2. The molecular formula is C4H9N3. The van der Waals surface area contributed by atoms with E-state index >= 15 is 0 Å². The summed E-state index contributed by atoms with van der Waals surface area (Å²) in [4.78, 5) is 3.58. The summed E-state index contributed by atoms with van der Waals surface area (Å²) in [6.45, 7) is 3.62. The van der Waals surface area contributed by atoms with Crippen LogP contribution in [0.25, 0.3) is 0 Å². The molecule has 0 bridgehead atoms. The molecule has 0 radical (unpaired) electrons. The Morgan fingerprint density at radius 2 is 2.43 bits per heavy atom. The van der Waals surface area contributed by atoms with Gasteiger partial charge in [0.2, 0.25) is 0 Å². The first-order valence-corrected chi connectivity index (χ1v) is 1.94. The van der Waals surface area contributed by atoms with Crippen LogP contribution in [0.15, 0.2) is 17.8 Å². The maximum Gasteiger partial charge on any atom is 0.113 e. The fourth-order valence-electron chi connectivity index (χ4n) is 0.170. The van der Waals surface area contributed by atoms with Crippen molar-refractivity contribution in [2.24, 2.45) is 16.5 Å². The summed E-state index contributed by atoms with van der Waals surface area (Å²) in [5, 5.41) is 0. The zero-order chi connectivity index (χ0) is 5.70. The van der Waals surface area contributed by atoms with E-state index in [2.05, 4.69) is 11.6 Å². The van der Waals surface area contributed by atoms with E-state index < -0.39 is 0 Å². The van der Waals surface area contributed by atoms with Crippen LogP contribution < -0.4 is 11.5 Å². The number of nitrogens with two attached hydrogens (primary N) is 2. The molecule has 0 aromatic carbocycles. The van der Waals surface area contributed by atoms with Crippen molar-refractivity contribution in [3.05, 3.63) is 12.8 Å². The number of aliphatic imine (C=N–C) groups is 1. The van der Waals surface area contributed by atoms with Crippen molar-refractivity contribution < 1.29 is 0 Å². The molecule has 0 atom stereocenters. The second-order valence-electron chi connectivity index (χ2n) is 1.01. The fourth-order valence-corrected chi connectivity index (χ4v) is 0.170. The Bertz CT molecular complexity index is 84.9. The summed E-state index contributed by atoms with van der Waals surface area (Å²) in [7, 11) is 0. The standard InChI is InChI=1S/C4H9N3/c1-2-7-4(6)3-5/h2H,1,3,5H2,(H2,6,7). The van der Waals surface area contributed by atoms with Gasteiger partial charge in [0.15, 0.2) is 0 Å². The maximum atomic E-state index is 5.14. The van der Waals surface area contributed by atoms with Crippen LogP contribution in [0.2, 0.25) is 0 Å². The third-order valence-electron chi connectivity index (χ3n) is 0.466. The van der Waals surface area contributed by atoms with E-state index in [0.717, 1.165) is 0 Å². The number of nitrogens with zero attached hydrogens (tertiary/aromatic N) is 1. The van der Waals surface area contributed by atoms with Gasteiger partial charge < -0.3 is 11.5 Å². The molecular weight excluding hydrogens is 90.1 g/mol. The molecule has 4 N–H and O–H groups in total. The van der Waals surface area contributed by atoms with Gasteiger partial charge in [0.1, 0.15) is 5.84 Å². The summed E-state index contributed by atoms with van der Waals surface area (Å²) in [5.41, 5.74) is 10.2. The summed E-state index contributed by atoms with van der Waals surface area (Å²) >= 11 is 0. The topological polar surface area (TPSA) is 64.4 Å². The van der Waals surface area contributed by atoms with Gasteiger partial charge in [-0.15, -0.1) is 0 Å². The van der Waals surface area contributed by atoms with Crippen LogP contribution >= 0.6 is 0 Å². The minimum atomic E-state index is 0.298. The quantitative estimate of drug-likeness (QED) is 0.360. The number of rotatable bonds is 2. The average molecular weight is 99.1 g/mol. The molecule has 0 rings (SSSR count). The highest BCUT2D eigenvalue weighted by atomic mass is 14.9. The molecule has 0 heterocycles. The second-order valence-corrected chi connectivity index (χ2v) is 1.01. The van der Waals surface area contributed by atoms with Crippen molar-refractivity contribution >= 4 is 5.84 Å². The Hall–Kier alpha value is -0.830. The molecule has 0 aliphatic rings. The molecule has 0 aliphatic carbocycles. The minimum Gasteiger partial charge on any atom is -0.386 e. The Labute approximate surface area is 42.7 Å². The maximum absolute atomic E-state index is 5.14. The largest absolute Gasteiger partial charge is 0.386 e. The number of amidine groups is 1. The van der Waals surface area contributed by atoms with Gasteiger partial charge in [-0.3, -0.25) is 0 Å². The van der Waals surface area contributed by atoms with E-state index in [1.807, 2.05) is 0 Å². The molecule has 0 aromatic rings. The predicted octanol–water partition coefficient (Wildman–Crippen LogP) is -0.554. The van der Waals surface area contributed by atoms with Crippen LogP contribution in [-0.4, -0.2) is 12.4 Å². The molecule has 0 amide bonds. The first-order chi connectivity index (χ1) is 3.31. The third kappa shape index (κ3) is 2.99. The number of hydrogen-bond acceptors (Lipinski definition) is 2. The van der Waals surface area contributed by atoms with Gasteiger partial charge in [0.05, 0.1) is 6.54 Å². The molecule has 3 heteroatoms. The Kier molecular flexibility index (Phi) is 2.96. The van der Waals surface area contributed by atoms with E-state index in [4.69, 9.17) is 11.5 Å². The van der Waals surface area contributed by atoms with Gasteiger partial charge in [0, 0.05) is 6.20 Å². The van der Waals surface area contributed by atoms with Crippen molar-refractivity contribution in [1.82, 2.24) is 0 Å². The molecule has 3 nitrogen and oxygen atoms in total. The Morgan fingerprint density at radius 1 is 1.86 bits per heavy atom. The van der Waals surface area contributed by atoms with E-state index in [-0.39, 0.29) is 0 Å². The van der Waals surface area contributed by atoms with Gasteiger partial charge in [0.25, 0.3) is 0 Å². The fraction of sp³-hybridized carbons (Fsp3) is 0.250. The van der Waals surface area contributed by atoms with Crippen molar-refractivity contribution in [2.75, 3.05) is 6.54 Å². The molecule has 0 spiro atoms. The van der Waals surface area contributed by atoms with Crippen LogP contribution in [0.3, 0.4) is 0 Å². The van der Waals surface area contributed by atoms with E-state index in [1.54, 1.807) is 0 Å². The van der Waals surface area contributed by atoms with Crippen molar-refractivity contribution in [2.45, 2.75) is 0 Å². The first kappa shape index (κ1) is 6.17. The van der Waals surface area contributed by atoms with Crippen LogP contribution in [0.1, 0.15) is 0 Å². The van der Waals surface area contributed by atoms with E-state index in [1.165, 1.54) is 6.20 Å². The normalized spacial score (nSPS) is 11.3. The Balaban J connectivity index is 3.49. The van der Waals surface area contributed by atoms with Gasteiger partial charge in [-0.2, -0.15) is 0 Å². The lowest BCUT2D eigenvalue weighted by molar-refractivity contribution is 1.26.